The second-order valence-electron chi connectivity index (χ2n) is 6.79. The van der Waals surface area contributed by atoms with Gasteiger partial charge >= 0.3 is 0 Å². The number of nitriles is 1. The SMILES string of the molecule is CCCCCC[C@H]1C[C@](C#N)(C(C)(C)O)OC(C)(C)O1. The Morgan fingerprint density at radius 1 is 1.30 bits per heavy atom. The van der Waals surface area contributed by atoms with Gasteiger partial charge in [0.25, 0.3) is 0 Å². The summed E-state index contributed by atoms with van der Waals surface area (Å²) in [7, 11) is 0. The van der Waals surface area contributed by atoms with Crippen LogP contribution in [0.2, 0.25) is 0 Å². The molecule has 0 bridgehead atoms. The highest BCUT2D eigenvalue weighted by atomic mass is 16.7. The predicted octanol–water partition coefficient (Wildman–Crippen LogP) is 3.53. The average molecular weight is 283 g/mol. The van der Waals surface area contributed by atoms with Crippen molar-refractivity contribution in [2.45, 2.75) is 96.2 Å². The van der Waals surface area contributed by atoms with Crippen molar-refractivity contribution in [2.24, 2.45) is 0 Å². The van der Waals surface area contributed by atoms with Gasteiger partial charge in [-0.25, -0.2) is 0 Å². The minimum Gasteiger partial charge on any atom is -0.386 e. The van der Waals surface area contributed by atoms with E-state index in [1.54, 1.807) is 13.8 Å². The standard InChI is InChI=1S/C16H29NO3/c1-6-7-8-9-10-13-11-16(12-17,14(2,3)18)20-15(4,5)19-13/h13,18H,6-11H2,1-5H3/t13-,16-/m0/s1. The number of hydrogen-bond donors (Lipinski definition) is 1. The summed E-state index contributed by atoms with van der Waals surface area (Å²) in [6.45, 7) is 9.06. The third kappa shape index (κ3) is 4.18. The van der Waals surface area contributed by atoms with Crippen LogP contribution in [0.15, 0.2) is 0 Å². The van der Waals surface area contributed by atoms with Crippen LogP contribution in [0.4, 0.5) is 0 Å². The first-order chi connectivity index (χ1) is 9.16. The van der Waals surface area contributed by atoms with Gasteiger partial charge in [-0.1, -0.05) is 32.6 Å². The summed E-state index contributed by atoms with van der Waals surface area (Å²) >= 11 is 0. The molecular formula is C16H29NO3. The van der Waals surface area contributed by atoms with Gasteiger partial charge in [0.1, 0.15) is 11.7 Å². The van der Waals surface area contributed by atoms with Crippen molar-refractivity contribution < 1.29 is 14.6 Å². The molecule has 20 heavy (non-hydrogen) atoms. The summed E-state index contributed by atoms with van der Waals surface area (Å²) in [4.78, 5) is 0. The molecule has 1 rings (SSSR count). The van der Waals surface area contributed by atoms with Crippen molar-refractivity contribution in [1.82, 2.24) is 0 Å². The Kier molecular flexibility index (Phi) is 5.60. The van der Waals surface area contributed by atoms with Crippen molar-refractivity contribution in [3.8, 4) is 6.07 Å². The van der Waals surface area contributed by atoms with Crippen molar-refractivity contribution >= 4 is 0 Å². The van der Waals surface area contributed by atoms with Crippen LogP contribution in [-0.4, -0.2) is 28.2 Å². The highest BCUT2D eigenvalue weighted by Gasteiger charge is 2.54. The Labute approximate surface area is 123 Å². The van der Waals surface area contributed by atoms with Crippen molar-refractivity contribution in [3.05, 3.63) is 0 Å². The lowest BCUT2D eigenvalue weighted by Gasteiger charge is -2.49. The van der Waals surface area contributed by atoms with Crippen molar-refractivity contribution in [2.75, 3.05) is 0 Å². The molecule has 0 amide bonds. The number of unbranched alkanes of at least 4 members (excludes halogenated alkanes) is 3. The fraction of sp³-hybridized carbons (Fsp3) is 0.938. The van der Waals surface area contributed by atoms with Gasteiger partial charge < -0.3 is 14.6 Å². The molecule has 4 heteroatoms. The summed E-state index contributed by atoms with van der Waals surface area (Å²) in [5, 5.41) is 19.9. The highest BCUT2D eigenvalue weighted by molar-refractivity contribution is 5.14. The smallest absolute Gasteiger partial charge is 0.187 e. The third-order valence-corrected chi connectivity index (χ3v) is 3.93. The molecule has 0 aromatic heterocycles. The van der Waals surface area contributed by atoms with Crippen LogP contribution in [-0.2, 0) is 9.47 Å². The molecule has 0 aromatic carbocycles. The van der Waals surface area contributed by atoms with Crippen LogP contribution in [0.5, 0.6) is 0 Å². The summed E-state index contributed by atoms with van der Waals surface area (Å²) in [5.74, 6) is -0.844. The lowest BCUT2D eigenvalue weighted by molar-refractivity contribution is -0.347. The third-order valence-electron chi connectivity index (χ3n) is 3.93. The van der Waals surface area contributed by atoms with Gasteiger partial charge in [-0.05, 0) is 34.1 Å². The molecule has 1 heterocycles. The molecule has 1 aliphatic heterocycles. The topological polar surface area (TPSA) is 62.5 Å². The van der Waals surface area contributed by atoms with Crippen molar-refractivity contribution in [1.29, 1.82) is 5.26 Å². The minimum atomic E-state index is -1.22. The largest absolute Gasteiger partial charge is 0.386 e. The summed E-state index contributed by atoms with van der Waals surface area (Å²) < 4.78 is 11.7. The van der Waals surface area contributed by atoms with E-state index in [1.807, 2.05) is 13.8 Å². The van der Waals surface area contributed by atoms with Crippen LogP contribution in [0.3, 0.4) is 0 Å². The van der Waals surface area contributed by atoms with Gasteiger partial charge in [0.05, 0.1) is 6.10 Å². The fourth-order valence-electron chi connectivity index (χ4n) is 2.79. The Morgan fingerprint density at radius 2 is 1.95 bits per heavy atom. The monoisotopic (exact) mass is 283 g/mol. The normalized spacial score (nSPS) is 29.9. The summed E-state index contributed by atoms with van der Waals surface area (Å²) in [6, 6.07) is 2.19. The molecule has 0 aliphatic carbocycles. The minimum absolute atomic E-state index is 0.0401. The predicted molar refractivity (Wildman–Crippen MR) is 78.1 cm³/mol. The second-order valence-corrected chi connectivity index (χ2v) is 6.79. The van der Waals surface area contributed by atoms with Gasteiger partial charge in [-0.15, -0.1) is 0 Å². The van der Waals surface area contributed by atoms with E-state index in [0.717, 1.165) is 12.8 Å². The Bertz CT molecular complexity index is 354. The fourth-order valence-corrected chi connectivity index (χ4v) is 2.79. The number of rotatable bonds is 6. The molecule has 1 N–H and O–H groups in total. The van der Waals surface area contributed by atoms with Gasteiger partial charge in [0.15, 0.2) is 11.4 Å². The average Bonchev–Trinajstić information content (AvgIpc) is 2.31. The molecular weight excluding hydrogens is 254 g/mol. The van der Waals surface area contributed by atoms with Crippen LogP contribution < -0.4 is 0 Å². The van der Waals surface area contributed by atoms with Crippen LogP contribution in [0, 0.1) is 11.3 Å². The maximum absolute atomic E-state index is 10.3. The quantitative estimate of drug-likeness (QED) is 0.757. The highest BCUT2D eigenvalue weighted by Crippen LogP contribution is 2.41. The van der Waals surface area contributed by atoms with Gasteiger partial charge in [0.2, 0.25) is 0 Å². The Morgan fingerprint density at radius 3 is 2.45 bits per heavy atom. The number of ether oxygens (including phenoxy) is 2. The molecule has 1 saturated heterocycles. The zero-order chi connectivity index (χ0) is 15.4. The van der Waals surface area contributed by atoms with Gasteiger partial charge in [-0.2, -0.15) is 5.26 Å². The van der Waals surface area contributed by atoms with E-state index in [1.165, 1.54) is 19.3 Å². The van der Waals surface area contributed by atoms with E-state index < -0.39 is 17.0 Å². The maximum atomic E-state index is 10.3. The van der Waals surface area contributed by atoms with Gasteiger partial charge in [-0.3, -0.25) is 0 Å². The summed E-state index contributed by atoms with van der Waals surface area (Å²) in [5.41, 5.74) is -2.42. The maximum Gasteiger partial charge on any atom is 0.187 e. The molecule has 0 spiro atoms. The van der Waals surface area contributed by atoms with Crippen LogP contribution in [0.1, 0.15) is 73.1 Å². The zero-order valence-corrected chi connectivity index (χ0v) is 13.5. The van der Waals surface area contributed by atoms with E-state index in [2.05, 4.69) is 13.0 Å². The van der Waals surface area contributed by atoms with E-state index in [9.17, 15) is 10.4 Å². The lowest BCUT2D eigenvalue weighted by atomic mass is 9.80. The first-order valence-corrected chi connectivity index (χ1v) is 7.67. The molecule has 0 radical (unpaired) electrons. The Balaban J connectivity index is 2.77. The van der Waals surface area contributed by atoms with E-state index in [4.69, 9.17) is 9.47 Å². The molecule has 0 aromatic rings. The molecule has 0 saturated carbocycles. The zero-order valence-electron chi connectivity index (χ0n) is 13.5. The number of nitrogens with zero attached hydrogens (tertiary/aromatic N) is 1. The van der Waals surface area contributed by atoms with E-state index >= 15 is 0 Å². The molecule has 0 unspecified atom stereocenters. The first kappa shape index (κ1) is 17.4. The van der Waals surface area contributed by atoms with Crippen molar-refractivity contribution in [3.63, 3.8) is 0 Å². The molecule has 2 atom stereocenters. The number of aliphatic hydroxyl groups is 1. The Hall–Kier alpha value is -0.630. The lowest BCUT2D eigenvalue weighted by Crippen LogP contribution is -2.61. The first-order valence-electron chi connectivity index (χ1n) is 7.67. The van der Waals surface area contributed by atoms with E-state index in [-0.39, 0.29) is 6.10 Å². The van der Waals surface area contributed by atoms with Crippen LogP contribution >= 0.6 is 0 Å². The van der Waals surface area contributed by atoms with Gasteiger partial charge in [0, 0.05) is 6.42 Å². The molecule has 4 nitrogen and oxygen atoms in total. The molecule has 116 valence electrons. The second kappa shape index (κ2) is 6.43. The molecule has 1 fully saturated rings. The molecule has 1 aliphatic rings. The summed E-state index contributed by atoms with van der Waals surface area (Å²) in [6.07, 6.45) is 5.98. The number of hydrogen-bond acceptors (Lipinski definition) is 4. The van der Waals surface area contributed by atoms with E-state index in [0.29, 0.717) is 6.42 Å². The van der Waals surface area contributed by atoms with Crippen LogP contribution in [0.25, 0.3) is 0 Å².